The summed E-state index contributed by atoms with van der Waals surface area (Å²) in [6.45, 7) is 2.65. The number of hydrogen-bond acceptors (Lipinski definition) is 4. The second-order valence-corrected chi connectivity index (χ2v) is 8.33. The van der Waals surface area contributed by atoms with E-state index in [1.807, 2.05) is 19.1 Å². The number of rotatable bonds is 6. The first kappa shape index (κ1) is 18.2. The minimum atomic E-state index is -0.850. The molecule has 7 heteroatoms. The van der Waals surface area contributed by atoms with Gasteiger partial charge in [-0.3, -0.25) is 4.79 Å². The number of ether oxygens (including phenoxy) is 1. The SMILES string of the molecule is COc1cc2c(CC(=O)O)c(C)n(Cc3ccc(SC)s3)c2cc1Cl. The lowest BCUT2D eigenvalue weighted by Crippen LogP contribution is -2.04. The Balaban J connectivity index is 2.17. The quantitative estimate of drug-likeness (QED) is 0.592. The topological polar surface area (TPSA) is 51.5 Å². The van der Waals surface area contributed by atoms with Crippen molar-refractivity contribution in [3.63, 3.8) is 0 Å². The fraction of sp³-hybridized carbons (Fsp3) is 0.278. The average molecular weight is 396 g/mol. The maximum Gasteiger partial charge on any atom is 0.307 e. The zero-order chi connectivity index (χ0) is 18.1. The minimum Gasteiger partial charge on any atom is -0.495 e. The van der Waals surface area contributed by atoms with Crippen LogP contribution in [0.25, 0.3) is 10.9 Å². The number of carboxylic acid groups (broad SMARTS) is 1. The number of thioether (sulfide) groups is 1. The summed E-state index contributed by atoms with van der Waals surface area (Å²) in [5.74, 6) is -0.296. The number of methoxy groups -OCH3 is 1. The lowest BCUT2D eigenvalue weighted by Gasteiger charge is -2.08. The van der Waals surface area contributed by atoms with Crippen molar-refractivity contribution in [1.82, 2.24) is 4.57 Å². The van der Waals surface area contributed by atoms with Gasteiger partial charge in [0.05, 0.1) is 34.8 Å². The third kappa shape index (κ3) is 3.52. The van der Waals surface area contributed by atoms with Gasteiger partial charge in [0.1, 0.15) is 5.75 Å². The van der Waals surface area contributed by atoms with Crippen LogP contribution in [0.3, 0.4) is 0 Å². The largest absolute Gasteiger partial charge is 0.495 e. The van der Waals surface area contributed by atoms with Crippen LogP contribution < -0.4 is 4.74 Å². The summed E-state index contributed by atoms with van der Waals surface area (Å²) in [5.41, 5.74) is 2.68. The van der Waals surface area contributed by atoms with Crippen LogP contribution in [0.5, 0.6) is 5.75 Å². The number of hydrogen-bond donors (Lipinski definition) is 1. The Bertz CT molecular complexity index is 946. The Morgan fingerprint density at radius 2 is 2.16 bits per heavy atom. The van der Waals surface area contributed by atoms with Crippen LogP contribution in [-0.4, -0.2) is 29.0 Å². The van der Waals surface area contributed by atoms with Crippen LogP contribution in [-0.2, 0) is 17.8 Å². The smallest absolute Gasteiger partial charge is 0.307 e. The number of halogens is 1. The fourth-order valence-electron chi connectivity index (χ4n) is 2.99. The number of aliphatic carboxylic acids is 1. The molecule has 0 radical (unpaired) electrons. The third-order valence-corrected chi connectivity index (χ3v) is 6.66. The molecule has 0 aliphatic rings. The lowest BCUT2D eigenvalue weighted by molar-refractivity contribution is -0.136. The molecular formula is C18H18ClNO3S2. The molecule has 25 heavy (non-hydrogen) atoms. The van der Waals surface area contributed by atoms with Gasteiger partial charge in [0.15, 0.2) is 0 Å². The Kier molecular flexibility index (Phi) is 5.32. The van der Waals surface area contributed by atoms with Crippen LogP contribution in [0.2, 0.25) is 5.02 Å². The molecule has 0 spiro atoms. The fourth-order valence-corrected chi connectivity index (χ4v) is 4.81. The van der Waals surface area contributed by atoms with E-state index >= 15 is 0 Å². The first-order valence-electron chi connectivity index (χ1n) is 7.64. The predicted molar refractivity (Wildman–Crippen MR) is 105 cm³/mol. The van der Waals surface area contributed by atoms with Crippen LogP contribution in [0.1, 0.15) is 16.1 Å². The molecular weight excluding hydrogens is 378 g/mol. The number of thiophene rings is 1. The number of nitrogens with zero attached hydrogens (tertiary/aromatic N) is 1. The number of carbonyl (C=O) groups is 1. The highest BCUT2D eigenvalue weighted by Gasteiger charge is 2.19. The highest BCUT2D eigenvalue weighted by atomic mass is 35.5. The van der Waals surface area contributed by atoms with Gasteiger partial charge in [-0.1, -0.05) is 11.6 Å². The van der Waals surface area contributed by atoms with Crippen molar-refractivity contribution in [2.45, 2.75) is 24.1 Å². The number of aromatic nitrogens is 1. The summed E-state index contributed by atoms with van der Waals surface area (Å²) in [5, 5.41) is 10.7. The van der Waals surface area contributed by atoms with Crippen molar-refractivity contribution in [1.29, 1.82) is 0 Å². The molecule has 2 heterocycles. The van der Waals surface area contributed by atoms with E-state index in [-0.39, 0.29) is 6.42 Å². The van der Waals surface area contributed by atoms with E-state index in [1.165, 1.54) is 9.09 Å². The van der Waals surface area contributed by atoms with E-state index in [4.69, 9.17) is 16.3 Å². The molecule has 2 aromatic heterocycles. The molecule has 132 valence electrons. The maximum absolute atomic E-state index is 11.3. The van der Waals surface area contributed by atoms with Gasteiger partial charge in [0, 0.05) is 16.0 Å². The van der Waals surface area contributed by atoms with Crippen LogP contribution in [0.15, 0.2) is 28.5 Å². The van der Waals surface area contributed by atoms with E-state index in [1.54, 1.807) is 30.2 Å². The molecule has 3 aromatic rings. The van der Waals surface area contributed by atoms with Crippen LogP contribution >= 0.6 is 34.7 Å². The maximum atomic E-state index is 11.3. The average Bonchev–Trinajstić information content (AvgIpc) is 3.12. The summed E-state index contributed by atoms with van der Waals surface area (Å²) in [4.78, 5) is 12.5. The normalized spacial score (nSPS) is 11.2. The first-order valence-corrected chi connectivity index (χ1v) is 10.1. The molecule has 1 aromatic carbocycles. The van der Waals surface area contributed by atoms with Crippen molar-refractivity contribution >= 4 is 51.6 Å². The standard InChI is InChI=1S/C18H18ClNO3S2/c1-10-12(7-17(21)22)13-6-16(23-2)14(19)8-15(13)20(10)9-11-4-5-18(24-3)25-11/h4-6,8H,7,9H2,1-3H3,(H,21,22). The monoisotopic (exact) mass is 395 g/mol. The molecule has 0 fully saturated rings. The highest BCUT2D eigenvalue weighted by Crippen LogP contribution is 2.36. The molecule has 1 N–H and O–H groups in total. The second kappa shape index (κ2) is 7.32. The van der Waals surface area contributed by atoms with Crippen molar-refractivity contribution in [2.75, 3.05) is 13.4 Å². The van der Waals surface area contributed by atoms with Gasteiger partial charge in [-0.05, 0) is 43.0 Å². The van der Waals surface area contributed by atoms with Gasteiger partial charge in [-0.15, -0.1) is 23.1 Å². The van der Waals surface area contributed by atoms with Gasteiger partial charge in [-0.2, -0.15) is 0 Å². The number of benzene rings is 1. The zero-order valence-electron chi connectivity index (χ0n) is 14.1. The third-order valence-electron chi connectivity index (χ3n) is 4.21. The van der Waals surface area contributed by atoms with Gasteiger partial charge < -0.3 is 14.4 Å². The van der Waals surface area contributed by atoms with Crippen molar-refractivity contribution < 1.29 is 14.6 Å². The zero-order valence-corrected chi connectivity index (χ0v) is 16.5. The molecule has 0 unspecified atom stereocenters. The minimum absolute atomic E-state index is 0.0272. The Hall–Kier alpha value is -1.63. The van der Waals surface area contributed by atoms with Gasteiger partial charge in [0.2, 0.25) is 0 Å². The van der Waals surface area contributed by atoms with E-state index in [9.17, 15) is 9.90 Å². The predicted octanol–water partition coefficient (Wildman–Crippen LogP) is 5.07. The van der Waals surface area contributed by atoms with Gasteiger partial charge in [0.25, 0.3) is 0 Å². The molecule has 3 rings (SSSR count). The van der Waals surface area contributed by atoms with Crippen LogP contribution in [0, 0.1) is 6.92 Å². The molecule has 0 amide bonds. The molecule has 0 saturated heterocycles. The summed E-state index contributed by atoms with van der Waals surface area (Å²) in [6.07, 6.45) is 2.03. The molecule has 0 bridgehead atoms. The summed E-state index contributed by atoms with van der Waals surface area (Å²) in [6, 6.07) is 7.92. The van der Waals surface area contributed by atoms with Crippen LogP contribution in [0.4, 0.5) is 0 Å². The van der Waals surface area contributed by atoms with Crippen molar-refractivity contribution in [2.24, 2.45) is 0 Å². The summed E-state index contributed by atoms with van der Waals surface area (Å²) in [7, 11) is 1.56. The molecule has 0 aliphatic carbocycles. The van der Waals surface area contributed by atoms with E-state index in [2.05, 4.69) is 23.0 Å². The number of carboxylic acids is 1. The molecule has 0 saturated carbocycles. The van der Waals surface area contributed by atoms with E-state index in [0.29, 0.717) is 17.3 Å². The lowest BCUT2D eigenvalue weighted by atomic mass is 10.1. The van der Waals surface area contributed by atoms with E-state index in [0.717, 1.165) is 22.2 Å². The van der Waals surface area contributed by atoms with E-state index < -0.39 is 5.97 Å². The first-order chi connectivity index (χ1) is 11.9. The molecule has 4 nitrogen and oxygen atoms in total. The molecule has 0 aliphatic heterocycles. The summed E-state index contributed by atoms with van der Waals surface area (Å²) < 4.78 is 8.70. The van der Waals surface area contributed by atoms with Gasteiger partial charge >= 0.3 is 5.97 Å². The Labute approximate surface area is 159 Å². The Morgan fingerprint density at radius 3 is 2.76 bits per heavy atom. The summed E-state index contributed by atoms with van der Waals surface area (Å²) >= 11 is 9.79. The van der Waals surface area contributed by atoms with Crippen molar-refractivity contribution in [3.05, 3.63) is 45.4 Å². The Morgan fingerprint density at radius 1 is 1.40 bits per heavy atom. The highest BCUT2D eigenvalue weighted by molar-refractivity contribution is 8.00. The van der Waals surface area contributed by atoms with Crippen molar-refractivity contribution in [3.8, 4) is 5.75 Å². The number of fused-ring (bicyclic) bond motifs is 1. The van der Waals surface area contributed by atoms with Gasteiger partial charge in [-0.25, -0.2) is 0 Å². The molecule has 0 atom stereocenters. The second-order valence-electron chi connectivity index (χ2n) is 5.65.